The quantitative estimate of drug-likeness (QED) is 0.511. The van der Waals surface area contributed by atoms with Gasteiger partial charge in [0.25, 0.3) is 5.69 Å². The average molecular weight is 334 g/mol. The van der Waals surface area contributed by atoms with Crippen molar-refractivity contribution in [1.82, 2.24) is 4.57 Å². The lowest BCUT2D eigenvalue weighted by Gasteiger charge is -2.11. The van der Waals surface area contributed by atoms with E-state index in [2.05, 4.69) is 4.74 Å². The topological polar surface area (TPSA) is 133 Å². The zero-order valence-corrected chi connectivity index (χ0v) is 12.6. The van der Waals surface area contributed by atoms with Gasteiger partial charge in [0.15, 0.2) is 17.3 Å². The van der Waals surface area contributed by atoms with Crippen molar-refractivity contribution in [2.24, 2.45) is 0 Å². The van der Waals surface area contributed by atoms with Gasteiger partial charge >= 0.3 is 5.97 Å². The van der Waals surface area contributed by atoms with Crippen molar-refractivity contribution in [2.45, 2.75) is 0 Å². The van der Waals surface area contributed by atoms with Gasteiger partial charge in [0.2, 0.25) is 0 Å². The van der Waals surface area contributed by atoms with E-state index in [-0.39, 0.29) is 28.4 Å². The largest absolute Gasteiger partial charge is 0.493 e. The summed E-state index contributed by atoms with van der Waals surface area (Å²) in [6.07, 6.45) is 1.09. The van der Waals surface area contributed by atoms with Crippen LogP contribution in [0, 0.1) is 27.3 Å². The van der Waals surface area contributed by atoms with E-state index in [1.165, 1.54) is 0 Å². The summed E-state index contributed by atoms with van der Waals surface area (Å²) in [4.78, 5) is 22.4. The summed E-state index contributed by atoms with van der Waals surface area (Å²) >= 11 is 0. The number of nitrogens with zero attached hydrogens (tertiary/aromatic N) is 3. The first-order chi connectivity index (χ1) is 11.3. The Morgan fingerprint density at radius 1 is 1.46 bits per heavy atom. The van der Waals surface area contributed by atoms with E-state index >= 15 is 0 Å². The molecule has 0 unspecified atom stereocenters. The molecule has 1 aromatic carbocycles. The third-order valence-corrected chi connectivity index (χ3v) is 3.25. The summed E-state index contributed by atoms with van der Waals surface area (Å²) in [7, 11) is 2.23. The summed E-state index contributed by atoms with van der Waals surface area (Å²) in [5.41, 5.74) is 4.22. The van der Waals surface area contributed by atoms with E-state index < -0.39 is 22.4 Å². The third-order valence-electron chi connectivity index (χ3n) is 3.25. The van der Waals surface area contributed by atoms with Crippen molar-refractivity contribution in [3.8, 4) is 17.5 Å². The monoisotopic (exact) mass is 334 g/mol. The van der Waals surface area contributed by atoms with E-state index in [9.17, 15) is 19.3 Å². The van der Waals surface area contributed by atoms with Gasteiger partial charge in [-0.15, -0.1) is 0 Å². The number of rotatable bonds is 4. The lowest BCUT2D eigenvalue weighted by atomic mass is 10.2. The van der Waals surface area contributed by atoms with Gasteiger partial charge in [-0.2, -0.15) is 5.26 Å². The zero-order chi connectivity index (χ0) is 18.0. The van der Waals surface area contributed by atoms with E-state index in [4.69, 9.17) is 15.7 Å². The van der Waals surface area contributed by atoms with Crippen molar-refractivity contribution in [1.29, 1.82) is 5.26 Å². The molecular weight excluding hydrogens is 323 g/mol. The second-order valence-corrected chi connectivity index (χ2v) is 4.51. The smallest absolute Gasteiger partial charge is 0.357 e. The van der Waals surface area contributed by atoms with Crippen LogP contribution in [0.15, 0.2) is 18.3 Å². The van der Waals surface area contributed by atoms with Crippen LogP contribution in [0.4, 0.5) is 15.8 Å². The number of benzene rings is 1. The molecule has 10 heteroatoms. The summed E-state index contributed by atoms with van der Waals surface area (Å²) in [5.74, 6) is -2.16. The van der Waals surface area contributed by atoms with E-state index in [1.807, 2.05) is 0 Å². The number of carbonyl (C=O) groups is 1. The molecule has 1 heterocycles. The number of nitrogens with two attached hydrogens (primary N) is 1. The summed E-state index contributed by atoms with van der Waals surface area (Å²) in [6.45, 7) is 0. The van der Waals surface area contributed by atoms with Crippen molar-refractivity contribution >= 4 is 17.3 Å². The van der Waals surface area contributed by atoms with E-state index in [0.717, 1.165) is 37.1 Å². The van der Waals surface area contributed by atoms with Gasteiger partial charge < -0.3 is 19.8 Å². The standard InChI is InChI=1S/C14H11FN4O5/c1-23-11-4-10(19(21)22)9(3-8(11)15)18-6-7(5-16)12(17)13(18)14(20)24-2/h3-4,6H,17H2,1-2H3. The second kappa shape index (κ2) is 6.25. The number of nitrogen functional groups attached to an aromatic ring is 1. The number of nitro groups is 1. The van der Waals surface area contributed by atoms with Gasteiger partial charge in [-0.1, -0.05) is 0 Å². The number of esters is 1. The molecule has 124 valence electrons. The molecule has 0 aliphatic heterocycles. The first-order valence-corrected chi connectivity index (χ1v) is 6.37. The van der Waals surface area contributed by atoms with Crippen molar-refractivity contribution in [3.63, 3.8) is 0 Å². The number of methoxy groups -OCH3 is 2. The Morgan fingerprint density at radius 2 is 2.12 bits per heavy atom. The normalized spacial score (nSPS) is 10.1. The van der Waals surface area contributed by atoms with Crippen molar-refractivity contribution in [3.05, 3.63) is 45.5 Å². The SMILES string of the molecule is COC(=O)c1c(N)c(C#N)cn1-c1cc(F)c(OC)cc1[N+](=O)[O-]. The maximum absolute atomic E-state index is 14.0. The zero-order valence-electron chi connectivity index (χ0n) is 12.6. The molecule has 0 amide bonds. The third kappa shape index (κ3) is 2.58. The molecule has 2 N–H and O–H groups in total. The first kappa shape index (κ1) is 16.8. The van der Waals surface area contributed by atoms with E-state index in [0.29, 0.717) is 0 Å². The minimum Gasteiger partial charge on any atom is -0.493 e. The highest BCUT2D eigenvalue weighted by atomic mass is 19.1. The van der Waals surface area contributed by atoms with Crippen LogP contribution in [0.5, 0.6) is 5.75 Å². The molecule has 24 heavy (non-hydrogen) atoms. The van der Waals surface area contributed by atoms with Crippen LogP contribution in [0.2, 0.25) is 0 Å². The van der Waals surface area contributed by atoms with Crippen molar-refractivity contribution < 1.29 is 23.6 Å². The van der Waals surface area contributed by atoms with Crippen LogP contribution >= 0.6 is 0 Å². The van der Waals surface area contributed by atoms with Gasteiger partial charge in [-0.05, 0) is 0 Å². The molecule has 0 aliphatic carbocycles. The first-order valence-electron chi connectivity index (χ1n) is 6.37. The fraction of sp³-hybridized carbons (Fsp3) is 0.143. The van der Waals surface area contributed by atoms with Gasteiger partial charge in [-0.25, -0.2) is 9.18 Å². The van der Waals surface area contributed by atoms with Crippen LogP contribution < -0.4 is 10.5 Å². The minimum absolute atomic E-state index is 0.110. The summed E-state index contributed by atoms with van der Waals surface area (Å²) in [6, 6.07) is 3.43. The number of halogens is 1. The average Bonchev–Trinajstić information content (AvgIpc) is 2.90. The number of ether oxygens (including phenoxy) is 2. The van der Waals surface area contributed by atoms with E-state index in [1.54, 1.807) is 6.07 Å². The number of hydrogen-bond donors (Lipinski definition) is 1. The number of carbonyl (C=O) groups excluding carboxylic acids is 1. The van der Waals surface area contributed by atoms with Crippen LogP contribution in [-0.4, -0.2) is 29.7 Å². The highest BCUT2D eigenvalue weighted by Crippen LogP contribution is 2.34. The maximum atomic E-state index is 14.0. The molecular formula is C14H11FN4O5. The number of nitriles is 1. The highest BCUT2D eigenvalue weighted by Gasteiger charge is 2.27. The molecule has 2 aromatic rings. The molecule has 9 nitrogen and oxygen atoms in total. The molecule has 0 radical (unpaired) electrons. The predicted octanol–water partition coefficient (Wildman–Crippen LogP) is 1.77. The molecule has 1 aromatic heterocycles. The van der Waals surface area contributed by atoms with Gasteiger partial charge in [0.1, 0.15) is 11.8 Å². The van der Waals surface area contributed by atoms with Crippen LogP contribution in [0.25, 0.3) is 5.69 Å². The molecule has 0 saturated heterocycles. The number of nitro benzene ring substituents is 1. The van der Waals surface area contributed by atoms with Gasteiger partial charge in [-0.3, -0.25) is 10.1 Å². The Kier molecular flexibility index (Phi) is 4.36. The Balaban J connectivity index is 2.86. The molecule has 0 bridgehead atoms. The lowest BCUT2D eigenvalue weighted by Crippen LogP contribution is -2.12. The number of aromatic nitrogens is 1. The Labute approximate surface area is 134 Å². The van der Waals surface area contributed by atoms with Crippen LogP contribution in [-0.2, 0) is 4.74 Å². The molecule has 0 spiro atoms. The van der Waals surface area contributed by atoms with Gasteiger partial charge in [0, 0.05) is 12.3 Å². The van der Waals surface area contributed by atoms with Gasteiger partial charge in [0.05, 0.1) is 36.5 Å². The fourth-order valence-electron chi connectivity index (χ4n) is 2.13. The summed E-state index contributed by atoms with van der Waals surface area (Å²) in [5, 5.41) is 20.3. The number of anilines is 1. The number of hydrogen-bond acceptors (Lipinski definition) is 7. The summed E-state index contributed by atoms with van der Waals surface area (Å²) < 4.78 is 24.2. The van der Waals surface area contributed by atoms with Crippen LogP contribution in [0.3, 0.4) is 0 Å². The second-order valence-electron chi connectivity index (χ2n) is 4.51. The predicted molar refractivity (Wildman–Crippen MR) is 79.4 cm³/mol. The fourth-order valence-corrected chi connectivity index (χ4v) is 2.13. The Bertz CT molecular complexity index is 884. The Hall–Kier alpha value is -3.61. The molecule has 2 rings (SSSR count). The Morgan fingerprint density at radius 3 is 2.62 bits per heavy atom. The highest BCUT2D eigenvalue weighted by molar-refractivity contribution is 5.96. The molecule has 0 aliphatic rings. The maximum Gasteiger partial charge on any atom is 0.357 e. The van der Waals surface area contributed by atoms with Crippen LogP contribution in [0.1, 0.15) is 16.1 Å². The van der Waals surface area contributed by atoms with Crippen molar-refractivity contribution in [2.75, 3.05) is 20.0 Å². The molecule has 0 fully saturated rings. The molecule has 0 atom stereocenters. The molecule has 0 saturated carbocycles. The lowest BCUT2D eigenvalue weighted by molar-refractivity contribution is -0.384. The minimum atomic E-state index is -0.931.